The minimum atomic E-state index is 0.0371. The Kier molecular flexibility index (Phi) is 7.85. The first-order valence-corrected chi connectivity index (χ1v) is 8.77. The van der Waals surface area contributed by atoms with E-state index in [-0.39, 0.29) is 5.41 Å². The van der Waals surface area contributed by atoms with Crippen molar-refractivity contribution in [2.24, 2.45) is 0 Å². The Hall–Kier alpha value is 0.430. The number of rotatable bonds is 8. The van der Waals surface area contributed by atoms with Crippen molar-refractivity contribution >= 4 is 43.5 Å². The van der Waals surface area contributed by atoms with Crippen molar-refractivity contribution < 1.29 is 4.74 Å². The first-order chi connectivity index (χ1) is 8.70. The van der Waals surface area contributed by atoms with E-state index in [0.717, 1.165) is 41.7 Å². The highest BCUT2D eigenvalue weighted by Crippen LogP contribution is 2.37. The van der Waals surface area contributed by atoms with Crippen molar-refractivity contribution in [3.63, 3.8) is 0 Å². The number of ether oxygens (including phenoxy) is 1. The first-order valence-electron chi connectivity index (χ1n) is 6.15. The monoisotopic (exact) mass is 396 g/mol. The van der Waals surface area contributed by atoms with Crippen LogP contribution in [0.3, 0.4) is 0 Å². The van der Waals surface area contributed by atoms with Crippen molar-refractivity contribution in [3.8, 4) is 0 Å². The maximum atomic E-state index is 6.33. The molecule has 0 fully saturated rings. The summed E-state index contributed by atoms with van der Waals surface area (Å²) in [7, 11) is 0. The zero-order valence-corrected chi connectivity index (χ0v) is 14.5. The molecule has 0 bridgehead atoms. The molecule has 102 valence electrons. The Morgan fingerprint density at radius 2 is 1.89 bits per heavy atom. The fourth-order valence-corrected chi connectivity index (χ4v) is 4.43. The van der Waals surface area contributed by atoms with E-state index in [1.54, 1.807) is 0 Å². The first kappa shape index (κ1) is 16.5. The van der Waals surface area contributed by atoms with Gasteiger partial charge in [0.1, 0.15) is 0 Å². The Bertz CT molecular complexity index is 353. The molecule has 0 amide bonds. The molecule has 0 aromatic heterocycles. The number of alkyl halides is 2. The van der Waals surface area contributed by atoms with Crippen molar-refractivity contribution in [1.82, 2.24) is 0 Å². The molecular weight excluding hydrogens is 379 g/mol. The lowest BCUT2D eigenvalue weighted by molar-refractivity contribution is 0.139. The summed E-state index contributed by atoms with van der Waals surface area (Å²) in [6, 6.07) is 8.09. The topological polar surface area (TPSA) is 9.23 Å². The van der Waals surface area contributed by atoms with Gasteiger partial charge in [0.15, 0.2) is 0 Å². The third kappa shape index (κ3) is 4.22. The van der Waals surface area contributed by atoms with Crippen LogP contribution in [0.2, 0.25) is 5.02 Å². The summed E-state index contributed by atoms with van der Waals surface area (Å²) >= 11 is 13.6. The molecule has 0 radical (unpaired) electrons. The van der Waals surface area contributed by atoms with Crippen LogP contribution in [0.4, 0.5) is 0 Å². The minimum Gasteiger partial charge on any atom is -0.382 e. The molecule has 1 rings (SSSR count). The second-order valence-corrected chi connectivity index (χ2v) is 5.86. The van der Waals surface area contributed by atoms with Gasteiger partial charge in [0, 0.05) is 34.3 Å². The third-order valence-corrected chi connectivity index (χ3v) is 5.58. The van der Waals surface area contributed by atoms with Crippen LogP contribution in [0.5, 0.6) is 0 Å². The number of hydrogen-bond donors (Lipinski definition) is 0. The van der Waals surface area contributed by atoms with Crippen LogP contribution < -0.4 is 0 Å². The Morgan fingerprint density at radius 1 is 1.22 bits per heavy atom. The minimum absolute atomic E-state index is 0.0371. The van der Waals surface area contributed by atoms with Gasteiger partial charge in [-0.15, -0.1) is 0 Å². The predicted octanol–water partition coefficient (Wildman–Crippen LogP) is 5.18. The molecular formula is C14H19Br2ClO. The average Bonchev–Trinajstić information content (AvgIpc) is 2.41. The highest BCUT2D eigenvalue weighted by atomic mass is 79.9. The normalized spacial score (nSPS) is 11.8. The van der Waals surface area contributed by atoms with Crippen LogP contribution in [-0.2, 0) is 10.2 Å². The molecule has 1 aromatic rings. The Labute approximate surface area is 132 Å². The fraction of sp³-hybridized carbons (Fsp3) is 0.571. The number of halogens is 3. The van der Waals surface area contributed by atoms with E-state index in [9.17, 15) is 0 Å². The summed E-state index contributed by atoms with van der Waals surface area (Å²) in [5, 5.41) is 2.62. The van der Waals surface area contributed by atoms with Gasteiger partial charge in [-0.3, -0.25) is 0 Å². The predicted molar refractivity (Wildman–Crippen MR) is 86.4 cm³/mol. The fourth-order valence-electron chi connectivity index (χ4n) is 2.00. The molecule has 1 aromatic carbocycles. The van der Waals surface area contributed by atoms with Gasteiger partial charge < -0.3 is 4.74 Å². The van der Waals surface area contributed by atoms with Crippen molar-refractivity contribution in [3.05, 3.63) is 34.9 Å². The summed E-state index contributed by atoms with van der Waals surface area (Å²) in [5.74, 6) is 0. The van der Waals surface area contributed by atoms with E-state index in [0.29, 0.717) is 0 Å². The average molecular weight is 399 g/mol. The number of hydrogen-bond acceptors (Lipinski definition) is 1. The zero-order chi connectivity index (χ0) is 13.4. The number of benzene rings is 1. The van der Waals surface area contributed by atoms with Crippen molar-refractivity contribution in [2.45, 2.75) is 25.2 Å². The Morgan fingerprint density at radius 3 is 2.44 bits per heavy atom. The van der Waals surface area contributed by atoms with Gasteiger partial charge in [-0.2, -0.15) is 0 Å². The smallest absolute Gasteiger partial charge is 0.0466 e. The van der Waals surface area contributed by atoms with Crippen LogP contribution in [-0.4, -0.2) is 23.9 Å². The van der Waals surface area contributed by atoms with Gasteiger partial charge in [-0.25, -0.2) is 0 Å². The van der Waals surface area contributed by atoms with E-state index in [1.807, 2.05) is 25.1 Å². The van der Waals surface area contributed by atoms with Gasteiger partial charge in [-0.05, 0) is 31.4 Å². The third-order valence-electron chi connectivity index (χ3n) is 3.10. The maximum absolute atomic E-state index is 6.33. The molecule has 0 heterocycles. The molecule has 0 saturated carbocycles. The molecule has 0 aliphatic carbocycles. The zero-order valence-electron chi connectivity index (χ0n) is 10.6. The summed E-state index contributed by atoms with van der Waals surface area (Å²) in [6.45, 7) is 3.61. The van der Waals surface area contributed by atoms with Crippen molar-refractivity contribution in [1.29, 1.82) is 0 Å². The molecule has 18 heavy (non-hydrogen) atoms. The summed E-state index contributed by atoms with van der Waals surface area (Å²) < 4.78 is 5.42. The van der Waals surface area contributed by atoms with E-state index in [2.05, 4.69) is 37.9 Å². The van der Waals surface area contributed by atoms with Gasteiger partial charge >= 0.3 is 0 Å². The summed E-state index contributed by atoms with van der Waals surface area (Å²) in [4.78, 5) is 0. The standard InChI is InChI=1S/C14H19Br2ClO/c1-2-18-9-5-8-14(10-15,11-16)12-6-3-4-7-13(12)17/h3-4,6-7H,2,5,8-11H2,1H3. The highest BCUT2D eigenvalue weighted by molar-refractivity contribution is 9.09. The molecule has 0 atom stereocenters. The van der Waals surface area contributed by atoms with Crippen LogP contribution in [0.1, 0.15) is 25.3 Å². The molecule has 0 aliphatic heterocycles. The largest absolute Gasteiger partial charge is 0.382 e. The van der Waals surface area contributed by atoms with E-state index >= 15 is 0 Å². The lowest BCUT2D eigenvalue weighted by Crippen LogP contribution is -2.31. The quantitative estimate of drug-likeness (QED) is 0.433. The molecule has 1 nitrogen and oxygen atoms in total. The SMILES string of the molecule is CCOCCCC(CBr)(CBr)c1ccccc1Cl. The van der Waals surface area contributed by atoms with Crippen LogP contribution >= 0.6 is 43.5 Å². The Balaban J connectivity index is 2.83. The van der Waals surface area contributed by atoms with Crippen LogP contribution in [0.25, 0.3) is 0 Å². The molecule has 0 N–H and O–H groups in total. The molecule has 0 saturated heterocycles. The van der Waals surface area contributed by atoms with Gasteiger partial charge in [-0.1, -0.05) is 61.7 Å². The van der Waals surface area contributed by atoms with Gasteiger partial charge in [0.05, 0.1) is 0 Å². The van der Waals surface area contributed by atoms with Crippen molar-refractivity contribution in [2.75, 3.05) is 23.9 Å². The molecule has 4 heteroatoms. The van der Waals surface area contributed by atoms with Crippen LogP contribution in [0.15, 0.2) is 24.3 Å². The molecule has 0 aliphatic rings. The second kappa shape index (κ2) is 8.57. The molecule has 0 spiro atoms. The molecule has 0 unspecified atom stereocenters. The lowest BCUT2D eigenvalue weighted by Gasteiger charge is -2.31. The van der Waals surface area contributed by atoms with Crippen LogP contribution in [0, 0.1) is 0 Å². The maximum Gasteiger partial charge on any atom is 0.0466 e. The van der Waals surface area contributed by atoms with Gasteiger partial charge in [0.25, 0.3) is 0 Å². The lowest BCUT2D eigenvalue weighted by atomic mass is 9.80. The second-order valence-electron chi connectivity index (χ2n) is 4.33. The van der Waals surface area contributed by atoms with Gasteiger partial charge in [0.2, 0.25) is 0 Å². The highest BCUT2D eigenvalue weighted by Gasteiger charge is 2.31. The summed E-state index contributed by atoms with van der Waals surface area (Å²) in [6.07, 6.45) is 2.09. The van der Waals surface area contributed by atoms with E-state index < -0.39 is 0 Å². The van der Waals surface area contributed by atoms with E-state index in [1.165, 1.54) is 5.56 Å². The summed E-state index contributed by atoms with van der Waals surface area (Å²) in [5.41, 5.74) is 1.24. The van der Waals surface area contributed by atoms with E-state index in [4.69, 9.17) is 16.3 Å².